The van der Waals surface area contributed by atoms with Gasteiger partial charge in [-0.3, -0.25) is 9.79 Å². The minimum absolute atomic E-state index is 0.194. The molecule has 6 heteroatoms. The number of rotatable bonds is 9. The number of carbonyl (C=O) groups is 1. The maximum atomic E-state index is 12.6. The highest BCUT2D eigenvalue weighted by Gasteiger charge is 2.27. The Kier molecular flexibility index (Phi) is 11.0. The topological polar surface area (TPSA) is 60.0 Å². The van der Waals surface area contributed by atoms with Gasteiger partial charge in [0.05, 0.1) is 0 Å². The van der Waals surface area contributed by atoms with E-state index in [1.165, 1.54) is 32.5 Å². The second-order valence-corrected chi connectivity index (χ2v) is 9.64. The predicted molar refractivity (Wildman–Crippen MR) is 127 cm³/mol. The molecule has 2 heterocycles. The first kappa shape index (κ1) is 25.0. The summed E-state index contributed by atoms with van der Waals surface area (Å²) in [4.78, 5) is 22.3. The predicted octanol–water partition coefficient (Wildman–Crippen LogP) is 3.34. The molecule has 0 aliphatic carbocycles. The van der Waals surface area contributed by atoms with Gasteiger partial charge in [-0.15, -0.1) is 0 Å². The molecule has 1 atom stereocenters. The molecule has 174 valence electrons. The molecule has 0 saturated carbocycles. The van der Waals surface area contributed by atoms with Crippen LogP contribution in [0.2, 0.25) is 0 Å². The SMILES string of the molecule is CCNC(=NCC1CCCN(CC(C)C)C1)NC1CCN(C(=O)C(CC)CC)CC1. The summed E-state index contributed by atoms with van der Waals surface area (Å²) in [5, 5.41) is 7.07. The summed E-state index contributed by atoms with van der Waals surface area (Å²) >= 11 is 0. The van der Waals surface area contributed by atoms with Gasteiger partial charge in [-0.1, -0.05) is 27.7 Å². The average Bonchev–Trinajstić information content (AvgIpc) is 2.73. The Bertz CT molecular complexity index is 524. The first-order valence-corrected chi connectivity index (χ1v) is 12.5. The van der Waals surface area contributed by atoms with E-state index < -0.39 is 0 Å². The number of aliphatic imine (C=N–C) groups is 1. The summed E-state index contributed by atoms with van der Waals surface area (Å²) in [7, 11) is 0. The van der Waals surface area contributed by atoms with Crippen molar-refractivity contribution in [2.24, 2.45) is 22.7 Å². The number of hydrogen-bond donors (Lipinski definition) is 2. The minimum atomic E-state index is 0.194. The van der Waals surface area contributed by atoms with Crippen LogP contribution in [0, 0.1) is 17.8 Å². The van der Waals surface area contributed by atoms with Gasteiger partial charge in [-0.2, -0.15) is 0 Å². The van der Waals surface area contributed by atoms with E-state index in [-0.39, 0.29) is 5.92 Å². The molecule has 0 spiro atoms. The van der Waals surface area contributed by atoms with Crippen molar-refractivity contribution in [2.75, 3.05) is 45.8 Å². The quantitative estimate of drug-likeness (QED) is 0.443. The molecular formula is C24H47N5O. The smallest absolute Gasteiger partial charge is 0.225 e. The average molecular weight is 422 g/mol. The number of likely N-dealkylation sites (tertiary alicyclic amines) is 2. The van der Waals surface area contributed by atoms with Gasteiger partial charge >= 0.3 is 0 Å². The van der Waals surface area contributed by atoms with Crippen molar-refractivity contribution in [1.29, 1.82) is 0 Å². The number of carbonyl (C=O) groups excluding carboxylic acids is 1. The van der Waals surface area contributed by atoms with Crippen LogP contribution < -0.4 is 10.6 Å². The molecule has 0 aromatic rings. The summed E-state index contributed by atoms with van der Waals surface area (Å²) < 4.78 is 0. The van der Waals surface area contributed by atoms with Gasteiger partial charge in [0.25, 0.3) is 0 Å². The van der Waals surface area contributed by atoms with Crippen molar-refractivity contribution >= 4 is 11.9 Å². The van der Waals surface area contributed by atoms with Gasteiger partial charge in [-0.25, -0.2) is 0 Å². The third-order valence-corrected chi connectivity index (χ3v) is 6.56. The number of amides is 1. The van der Waals surface area contributed by atoms with Crippen LogP contribution in [0.25, 0.3) is 0 Å². The molecule has 2 N–H and O–H groups in total. The second-order valence-electron chi connectivity index (χ2n) is 9.64. The van der Waals surface area contributed by atoms with Gasteiger partial charge < -0.3 is 20.4 Å². The zero-order chi connectivity index (χ0) is 21.9. The summed E-state index contributed by atoms with van der Waals surface area (Å²) in [5.74, 6) is 2.88. The van der Waals surface area contributed by atoms with E-state index in [1.54, 1.807) is 0 Å². The van der Waals surface area contributed by atoms with Gasteiger partial charge in [0.1, 0.15) is 0 Å². The molecular weight excluding hydrogens is 374 g/mol. The molecule has 2 rings (SSSR count). The van der Waals surface area contributed by atoms with Gasteiger partial charge in [0, 0.05) is 51.2 Å². The molecule has 0 bridgehead atoms. The van der Waals surface area contributed by atoms with E-state index >= 15 is 0 Å². The zero-order valence-electron chi connectivity index (χ0n) is 20.3. The molecule has 0 aromatic heterocycles. The van der Waals surface area contributed by atoms with Crippen molar-refractivity contribution in [1.82, 2.24) is 20.4 Å². The van der Waals surface area contributed by atoms with Crippen LogP contribution in [0.15, 0.2) is 4.99 Å². The standard InChI is InChI=1S/C24H47N5O/c1-6-21(7-2)23(30)29-14-11-22(12-15-29)27-24(25-8-3)26-16-20-10-9-13-28(18-20)17-19(4)5/h19-22H,6-18H2,1-5H3,(H2,25,26,27). The Balaban J connectivity index is 1.82. The Hall–Kier alpha value is -1.30. The van der Waals surface area contributed by atoms with Gasteiger partial charge in [0.15, 0.2) is 5.96 Å². The molecule has 1 amide bonds. The van der Waals surface area contributed by atoms with E-state index in [1.807, 2.05) is 0 Å². The van der Waals surface area contributed by atoms with Crippen LogP contribution in [-0.4, -0.2) is 73.5 Å². The molecule has 30 heavy (non-hydrogen) atoms. The number of guanidine groups is 1. The van der Waals surface area contributed by atoms with E-state index in [4.69, 9.17) is 4.99 Å². The Morgan fingerprint density at radius 3 is 2.37 bits per heavy atom. The highest BCUT2D eigenvalue weighted by atomic mass is 16.2. The van der Waals surface area contributed by atoms with Crippen molar-refractivity contribution in [3.63, 3.8) is 0 Å². The fourth-order valence-electron chi connectivity index (χ4n) is 4.86. The Morgan fingerprint density at radius 2 is 1.77 bits per heavy atom. The normalized spacial score (nSPS) is 22.0. The molecule has 2 aliphatic heterocycles. The monoisotopic (exact) mass is 421 g/mol. The van der Waals surface area contributed by atoms with Gasteiger partial charge in [0.2, 0.25) is 5.91 Å². The number of nitrogens with one attached hydrogen (secondary N) is 2. The fraction of sp³-hybridized carbons (Fsp3) is 0.917. The number of piperidine rings is 2. The summed E-state index contributed by atoms with van der Waals surface area (Å²) in [6.07, 6.45) is 6.47. The van der Waals surface area contributed by atoms with Crippen LogP contribution >= 0.6 is 0 Å². The lowest BCUT2D eigenvalue weighted by molar-refractivity contribution is -0.136. The summed E-state index contributed by atoms with van der Waals surface area (Å²) in [5.41, 5.74) is 0. The van der Waals surface area contributed by atoms with Crippen LogP contribution in [0.1, 0.15) is 73.1 Å². The first-order chi connectivity index (χ1) is 14.5. The lowest BCUT2D eigenvalue weighted by Crippen LogP contribution is -2.50. The largest absolute Gasteiger partial charge is 0.357 e. The van der Waals surface area contributed by atoms with Crippen molar-refractivity contribution < 1.29 is 4.79 Å². The molecule has 2 saturated heterocycles. The zero-order valence-corrected chi connectivity index (χ0v) is 20.3. The first-order valence-electron chi connectivity index (χ1n) is 12.5. The highest BCUT2D eigenvalue weighted by Crippen LogP contribution is 2.19. The highest BCUT2D eigenvalue weighted by molar-refractivity contribution is 5.80. The maximum absolute atomic E-state index is 12.6. The minimum Gasteiger partial charge on any atom is -0.357 e. The third-order valence-electron chi connectivity index (χ3n) is 6.56. The maximum Gasteiger partial charge on any atom is 0.225 e. The lowest BCUT2D eigenvalue weighted by atomic mass is 9.97. The van der Waals surface area contributed by atoms with Crippen LogP contribution in [0.5, 0.6) is 0 Å². The van der Waals surface area contributed by atoms with Crippen LogP contribution in [0.4, 0.5) is 0 Å². The molecule has 0 aromatic carbocycles. The van der Waals surface area contributed by atoms with Crippen LogP contribution in [-0.2, 0) is 4.79 Å². The Labute approximate surface area is 185 Å². The molecule has 2 aliphatic rings. The van der Waals surface area contributed by atoms with E-state index in [2.05, 4.69) is 55.1 Å². The summed E-state index contributed by atoms with van der Waals surface area (Å²) in [6, 6.07) is 0.400. The van der Waals surface area contributed by atoms with E-state index in [0.717, 1.165) is 63.7 Å². The molecule has 0 radical (unpaired) electrons. The van der Waals surface area contributed by atoms with Crippen molar-refractivity contribution in [2.45, 2.75) is 79.2 Å². The fourth-order valence-corrected chi connectivity index (χ4v) is 4.86. The second kappa shape index (κ2) is 13.2. The van der Waals surface area contributed by atoms with Gasteiger partial charge in [-0.05, 0) is 63.8 Å². The summed E-state index contributed by atoms with van der Waals surface area (Å²) in [6.45, 7) is 18.1. The molecule has 6 nitrogen and oxygen atoms in total. The van der Waals surface area contributed by atoms with Crippen molar-refractivity contribution in [3.8, 4) is 0 Å². The molecule has 2 fully saturated rings. The Morgan fingerprint density at radius 1 is 1.07 bits per heavy atom. The third kappa shape index (κ3) is 8.09. The molecule has 1 unspecified atom stereocenters. The van der Waals surface area contributed by atoms with E-state index in [0.29, 0.717) is 17.9 Å². The number of nitrogens with zero attached hydrogens (tertiary/aromatic N) is 3. The van der Waals surface area contributed by atoms with Crippen molar-refractivity contribution in [3.05, 3.63) is 0 Å². The van der Waals surface area contributed by atoms with Crippen LogP contribution in [0.3, 0.4) is 0 Å². The number of hydrogen-bond acceptors (Lipinski definition) is 3. The lowest BCUT2D eigenvalue weighted by Gasteiger charge is -2.35. The van der Waals surface area contributed by atoms with E-state index in [9.17, 15) is 4.79 Å².